The van der Waals surface area contributed by atoms with Crippen molar-refractivity contribution in [1.29, 1.82) is 0 Å². The summed E-state index contributed by atoms with van der Waals surface area (Å²) in [5.74, 6) is 0. The molecule has 0 N–H and O–H groups in total. The standard InChI is InChI=1S/CH2O3.BO.Li/c2-1(3)4;1-2;/h(H2,2,3,4);;/q;2*+1/p-2. The van der Waals surface area contributed by atoms with E-state index in [2.05, 4.69) is 7.72 Å². The minimum Gasteiger partial charge on any atom is 1.00 e. The Morgan fingerprint density at radius 3 is 1.29 bits per heavy atom. The molecule has 0 spiro atoms. The maximum absolute atomic E-state index is 8.33. The Hall–Kier alpha value is -0.268. The van der Waals surface area contributed by atoms with Crippen LogP contribution in [0.25, 0.3) is 0 Å². The number of hydrogen-bond donors (Lipinski definition) is 0. The smallest absolute Gasteiger partial charge is 1.00 e. The Morgan fingerprint density at radius 1 is 1.29 bits per heavy atom. The summed E-state index contributed by atoms with van der Waals surface area (Å²) < 4.78 is 7.75. The van der Waals surface area contributed by atoms with Crippen LogP contribution < -0.4 is 29.1 Å². The Bertz CT molecular complexity index is 43.0. The van der Waals surface area contributed by atoms with E-state index in [9.17, 15) is 0 Å². The molecule has 0 heterocycles. The molecule has 0 aliphatic heterocycles. The zero-order valence-corrected chi connectivity index (χ0v) is 3.71. The van der Waals surface area contributed by atoms with E-state index in [4.69, 9.17) is 19.7 Å². The molecule has 0 saturated carbocycles. The molecule has 7 heavy (non-hydrogen) atoms. The summed E-state index contributed by atoms with van der Waals surface area (Å²) >= 11 is 0. The first-order valence-electron chi connectivity index (χ1n) is 0.848. The monoisotopic (exact) mass is 94.0 g/mol. The number of hydrogen-bond acceptors (Lipinski definition) is 4. The molecule has 0 unspecified atom stereocenters. The molecule has 0 fully saturated rings. The third-order valence-corrected chi connectivity index (χ3v) is 0. The molecule has 32 valence electrons. The summed E-state index contributed by atoms with van der Waals surface area (Å²) in [6.07, 6.45) is -2.33. The molecule has 0 aromatic heterocycles. The Balaban J connectivity index is -0.0000000480. The number of rotatable bonds is 0. The molecular weight excluding hydrogens is 93.8 g/mol. The summed E-state index contributed by atoms with van der Waals surface area (Å²) in [4.78, 5) is 8.33. The second-order valence-electron chi connectivity index (χ2n) is 0.250. The van der Waals surface area contributed by atoms with Gasteiger partial charge >= 0.3 is 31.3 Å². The average molecular weight is 93.8 g/mol. The van der Waals surface area contributed by atoms with Gasteiger partial charge in [-0.05, 0) is 6.16 Å². The van der Waals surface area contributed by atoms with Gasteiger partial charge in [0, 0.05) is 0 Å². The summed E-state index contributed by atoms with van der Waals surface area (Å²) in [5, 5.41) is 16.7. The van der Waals surface area contributed by atoms with Crippen molar-refractivity contribution in [3.8, 4) is 0 Å². The van der Waals surface area contributed by atoms with E-state index in [-0.39, 0.29) is 18.9 Å². The predicted molar refractivity (Wildman–Crippen MR) is 11.8 cm³/mol. The van der Waals surface area contributed by atoms with Crippen molar-refractivity contribution in [2.75, 3.05) is 0 Å². The molecule has 0 aromatic carbocycles. The van der Waals surface area contributed by atoms with E-state index in [1.165, 1.54) is 0 Å². The van der Waals surface area contributed by atoms with Gasteiger partial charge in [0.1, 0.15) is 0 Å². The fraction of sp³-hybridized carbons (Fsp3) is 0. The van der Waals surface area contributed by atoms with Gasteiger partial charge in [-0.2, -0.15) is 0 Å². The fourth-order valence-corrected chi connectivity index (χ4v) is 0. The van der Waals surface area contributed by atoms with Crippen LogP contribution in [0.2, 0.25) is 0 Å². The predicted octanol–water partition coefficient (Wildman–Crippen LogP) is -5.94. The molecule has 0 aliphatic rings. The number of carbonyl (C=O) groups is 1. The van der Waals surface area contributed by atoms with Gasteiger partial charge in [0.15, 0.2) is 0 Å². The maximum Gasteiger partial charge on any atom is 1.00 e. The SMILES string of the molecule is O=C([O-])[O-].[B+]=O.[Li+]. The molecule has 0 aliphatic carbocycles. The topological polar surface area (TPSA) is 80.3 Å². The molecule has 0 atom stereocenters. The van der Waals surface area contributed by atoms with E-state index in [0.29, 0.717) is 0 Å². The van der Waals surface area contributed by atoms with Crippen molar-refractivity contribution in [3.63, 3.8) is 0 Å². The van der Waals surface area contributed by atoms with Crippen LogP contribution in [0.4, 0.5) is 4.79 Å². The summed E-state index contributed by atoms with van der Waals surface area (Å²) in [7, 11) is 3.25. The first-order chi connectivity index (χ1) is 2.73. The molecule has 0 radical (unpaired) electrons. The number of carboxylic acid groups (broad SMARTS) is 2. The van der Waals surface area contributed by atoms with Crippen LogP contribution in [0.1, 0.15) is 0 Å². The van der Waals surface area contributed by atoms with Gasteiger partial charge in [0.2, 0.25) is 0 Å². The second-order valence-corrected chi connectivity index (χ2v) is 0.250. The van der Waals surface area contributed by atoms with Crippen molar-refractivity contribution in [2.24, 2.45) is 0 Å². The van der Waals surface area contributed by atoms with Crippen molar-refractivity contribution < 1.29 is 38.6 Å². The van der Waals surface area contributed by atoms with E-state index in [1.807, 2.05) is 0 Å². The van der Waals surface area contributed by atoms with Gasteiger partial charge in [-0.25, -0.2) is 0 Å². The van der Waals surface area contributed by atoms with Gasteiger partial charge in [-0.3, -0.25) is 0 Å². The minimum absolute atomic E-state index is 0. The summed E-state index contributed by atoms with van der Waals surface area (Å²) in [5.41, 5.74) is 0. The second kappa shape index (κ2) is 17.2. The van der Waals surface area contributed by atoms with Crippen molar-refractivity contribution in [1.82, 2.24) is 0 Å². The van der Waals surface area contributed by atoms with Crippen LogP contribution in [0, 0.1) is 0 Å². The molecule has 0 aromatic rings. The molecular formula is CBLiO4. The number of carbonyl (C=O) groups excluding carboxylic acids is 1. The van der Waals surface area contributed by atoms with Gasteiger partial charge in [-0.15, -0.1) is 0 Å². The zero-order chi connectivity index (χ0) is 5.58. The van der Waals surface area contributed by atoms with E-state index >= 15 is 0 Å². The quantitative estimate of drug-likeness (QED) is 0.280. The van der Waals surface area contributed by atoms with Crippen molar-refractivity contribution in [2.45, 2.75) is 0 Å². The van der Waals surface area contributed by atoms with Crippen LogP contribution >= 0.6 is 0 Å². The molecule has 0 saturated heterocycles. The third kappa shape index (κ3) is 1110. The van der Waals surface area contributed by atoms with Crippen LogP contribution in [-0.4, -0.2) is 13.9 Å². The van der Waals surface area contributed by atoms with Gasteiger partial charge in [0.05, 0.1) is 0 Å². The molecule has 0 bridgehead atoms. The van der Waals surface area contributed by atoms with Gasteiger partial charge in [0.25, 0.3) is 0 Å². The molecule has 0 amide bonds. The molecule has 6 heteroatoms. The summed E-state index contributed by atoms with van der Waals surface area (Å²) in [6.45, 7) is 0. The van der Waals surface area contributed by atoms with E-state index < -0.39 is 6.16 Å². The van der Waals surface area contributed by atoms with E-state index in [1.54, 1.807) is 0 Å². The third-order valence-electron chi connectivity index (χ3n) is 0. The molecule has 4 nitrogen and oxygen atoms in total. The van der Waals surface area contributed by atoms with Crippen molar-refractivity contribution >= 4 is 13.9 Å². The Labute approximate surface area is 53.1 Å². The van der Waals surface area contributed by atoms with Gasteiger partial charge in [-0.1, -0.05) is 0 Å². The van der Waals surface area contributed by atoms with Crippen LogP contribution in [-0.2, 0) is 4.70 Å². The fourth-order valence-electron chi connectivity index (χ4n) is 0. The minimum atomic E-state index is -2.33. The normalized spacial score (nSPS) is 4.29. The van der Waals surface area contributed by atoms with Crippen LogP contribution in [0.15, 0.2) is 0 Å². The first-order valence-corrected chi connectivity index (χ1v) is 0.848. The van der Waals surface area contributed by atoms with Crippen LogP contribution in [0.5, 0.6) is 0 Å². The molecule has 0 rings (SSSR count). The van der Waals surface area contributed by atoms with Crippen molar-refractivity contribution in [3.05, 3.63) is 0 Å². The van der Waals surface area contributed by atoms with Gasteiger partial charge < -0.3 is 15.0 Å². The zero-order valence-electron chi connectivity index (χ0n) is 3.71. The maximum atomic E-state index is 8.33. The first kappa shape index (κ1) is 15.9. The average Bonchev–Trinajstić information content (AvgIpc) is 1.41. The Morgan fingerprint density at radius 2 is 1.29 bits per heavy atom. The summed E-state index contributed by atoms with van der Waals surface area (Å²) in [6, 6.07) is 0. The van der Waals surface area contributed by atoms with Crippen LogP contribution in [0.3, 0.4) is 0 Å². The largest absolute Gasteiger partial charge is 1.00 e. The van der Waals surface area contributed by atoms with E-state index in [0.717, 1.165) is 0 Å². The Kier molecular flexibility index (Phi) is 39.0.